The molecule has 0 aliphatic carbocycles. The molecule has 3 nitrogen and oxygen atoms in total. The van der Waals surface area contributed by atoms with Gasteiger partial charge in [-0.3, -0.25) is 0 Å². The van der Waals surface area contributed by atoms with Crippen molar-refractivity contribution in [2.75, 3.05) is 0 Å². The van der Waals surface area contributed by atoms with Crippen LogP contribution in [0.1, 0.15) is 12.6 Å². The highest BCUT2D eigenvalue weighted by Gasteiger charge is 2.05. The van der Waals surface area contributed by atoms with E-state index in [0.717, 1.165) is 23.1 Å². The molecule has 3 heteroatoms. The summed E-state index contributed by atoms with van der Waals surface area (Å²) in [7, 11) is 0. The molecule has 0 radical (unpaired) electrons. The topological polar surface area (TPSA) is 38.1 Å². The molecule has 1 aromatic rings. The Bertz CT molecular complexity index is 476. The Hall–Kier alpha value is -1.51. The first kappa shape index (κ1) is 8.10. The number of aromatic nitrogens is 2. The minimum Gasteiger partial charge on any atom is -0.510 e. The molecule has 2 heterocycles. The Morgan fingerprint density at radius 2 is 2.38 bits per heavy atom. The van der Waals surface area contributed by atoms with Gasteiger partial charge in [-0.05, 0) is 19.9 Å². The number of imidazole rings is 1. The van der Waals surface area contributed by atoms with E-state index in [2.05, 4.69) is 4.98 Å². The van der Waals surface area contributed by atoms with E-state index in [9.17, 15) is 5.11 Å². The van der Waals surface area contributed by atoms with Crippen molar-refractivity contribution >= 4 is 11.8 Å². The fourth-order valence-corrected chi connectivity index (χ4v) is 1.68. The molecule has 1 aromatic heterocycles. The van der Waals surface area contributed by atoms with Crippen molar-refractivity contribution < 1.29 is 5.11 Å². The van der Waals surface area contributed by atoms with Crippen molar-refractivity contribution in [2.24, 2.45) is 0 Å². The van der Waals surface area contributed by atoms with E-state index in [1.807, 2.05) is 29.7 Å². The van der Waals surface area contributed by atoms with Crippen LogP contribution < -0.4 is 10.8 Å². The maximum Gasteiger partial charge on any atom is 0.133 e. The molecule has 1 aliphatic heterocycles. The van der Waals surface area contributed by atoms with Gasteiger partial charge in [0.2, 0.25) is 0 Å². The first-order chi connectivity index (χ1) is 6.20. The lowest BCUT2D eigenvalue weighted by Crippen LogP contribution is -2.30. The predicted octanol–water partition coefficient (Wildman–Crippen LogP) is 0.228. The molecule has 13 heavy (non-hydrogen) atoms. The highest BCUT2D eigenvalue weighted by molar-refractivity contribution is 5.38. The Kier molecular flexibility index (Phi) is 1.72. The van der Waals surface area contributed by atoms with Crippen molar-refractivity contribution in [3.63, 3.8) is 0 Å². The smallest absolute Gasteiger partial charge is 0.133 e. The Balaban J connectivity index is 2.89. The normalized spacial score (nSPS) is 16.5. The van der Waals surface area contributed by atoms with Gasteiger partial charge in [0, 0.05) is 6.54 Å². The molecule has 0 aromatic carbocycles. The van der Waals surface area contributed by atoms with Crippen LogP contribution in [0.5, 0.6) is 0 Å². The second-order valence-corrected chi connectivity index (χ2v) is 3.19. The van der Waals surface area contributed by atoms with Gasteiger partial charge in [-0.2, -0.15) is 0 Å². The van der Waals surface area contributed by atoms with Gasteiger partial charge in [0.15, 0.2) is 0 Å². The lowest BCUT2D eigenvalue weighted by atomic mass is 10.3. The van der Waals surface area contributed by atoms with Gasteiger partial charge < -0.3 is 9.67 Å². The van der Waals surface area contributed by atoms with Crippen molar-refractivity contribution in [2.45, 2.75) is 20.4 Å². The fourth-order valence-electron chi connectivity index (χ4n) is 1.68. The van der Waals surface area contributed by atoms with E-state index < -0.39 is 0 Å². The predicted molar refractivity (Wildman–Crippen MR) is 51.5 cm³/mol. The summed E-state index contributed by atoms with van der Waals surface area (Å²) in [4.78, 5) is 4.35. The lowest BCUT2D eigenvalue weighted by Gasteiger charge is -2.02. The number of hydrogen-bond donors (Lipinski definition) is 1. The number of allylic oxidation sites excluding steroid dienone is 2. The van der Waals surface area contributed by atoms with E-state index in [-0.39, 0.29) is 0 Å². The van der Waals surface area contributed by atoms with Crippen LogP contribution in [0.3, 0.4) is 0 Å². The van der Waals surface area contributed by atoms with Crippen LogP contribution in [-0.2, 0) is 6.54 Å². The number of hydrogen-bond acceptors (Lipinski definition) is 2. The van der Waals surface area contributed by atoms with E-state index in [0.29, 0.717) is 5.76 Å². The zero-order chi connectivity index (χ0) is 9.42. The molecule has 0 amide bonds. The van der Waals surface area contributed by atoms with Crippen LogP contribution in [-0.4, -0.2) is 14.7 Å². The van der Waals surface area contributed by atoms with Crippen LogP contribution in [0.4, 0.5) is 0 Å². The van der Waals surface area contributed by atoms with Gasteiger partial charge in [-0.25, -0.2) is 4.98 Å². The van der Waals surface area contributed by atoms with Gasteiger partial charge in [-0.1, -0.05) is 12.2 Å². The first-order valence-corrected chi connectivity index (χ1v) is 4.30. The zero-order valence-electron chi connectivity index (χ0n) is 7.78. The molecule has 1 aliphatic rings. The largest absolute Gasteiger partial charge is 0.510 e. The molecule has 0 atom stereocenters. The molecular weight excluding hydrogens is 164 g/mol. The third-order valence-corrected chi connectivity index (χ3v) is 2.18. The van der Waals surface area contributed by atoms with E-state index in [1.165, 1.54) is 0 Å². The number of rotatable bonds is 0. The fraction of sp³-hybridized carbons (Fsp3) is 0.300. The summed E-state index contributed by atoms with van der Waals surface area (Å²) in [6, 6.07) is 0. The minimum absolute atomic E-state index is 0.333. The summed E-state index contributed by atoms with van der Waals surface area (Å²) in [5.74, 6) is 0.333. The Morgan fingerprint density at radius 3 is 3.08 bits per heavy atom. The molecule has 0 bridgehead atoms. The summed E-state index contributed by atoms with van der Waals surface area (Å²) in [5.41, 5.74) is 1.80. The second-order valence-electron chi connectivity index (χ2n) is 3.19. The summed E-state index contributed by atoms with van der Waals surface area (Å²) in [6.07, 6.45) is 5.97. The maximum atomic E-state index is 9.47. The Labute approximate surface area is 76.3 Å². The maximum absolute atomic E-state index is 9.47. The average molecular weight is 176 g/mol. The van der Waals surface area contributed by atoms with E-state index in [1.54, 1.807) is 6.92 Å². The highest BCUT2D eigenvalue weighted by Crippen LogP contribution is 1.91. The average Bonchev–Trinajstić information content (AvgIpc) is 2.39. The van der Waals surface area contributed by atoms with Crippen LogP contribution in [0.15, 0.2) is 12.2 Å². The van der Waals surface area contributed by atoms with Gasteiger partial charge in [-0.15, -0.1) is 0 Å². The monoisotopic (exact) mass is 176 g/mol. The highest BCUT2D eigenvalue weighted by atomic mass is 16.3. The first-order valence-electron chi connectivity index (χ1n) is 4.30. The number of aliphatic hydroxyl groups excluding tert-OH is 1. The molecule has 0 fully saturated rings. The third-order valence-electron chi connectivity index (χ3n) is 2.18. The summed E-state index contributed by atoms with van der Waals surface area (Å²) < 4.78 is 2.00. The lowest BCUT2D eigenvalue weighted by molar-refractivity contribution is 0.491. The summed E-state index contributed by atoms with van der Waals surface area (Å²) in [5, 5.41) is 10.3. The molecule has 0 saturated carbocycles. The quantitative estimate of drug-likeness (QED) is 0.614. The molecule has 0 unspecified atom stereocenters. The zero-order valence-corrected chi connectivity index (χ0v) is 7.78. The number of nitrogens with zero attached hydrogens (tertiary/aromatic N) is 2. The Morgan fingerprint density at radius 1 is 1.62 bits per heavy atom. The van der Waals surface area contributed by atoms with E-state index >= 15 is 0 Å². The second kappa shape index (κ2) is 2.76. The number of aryl methyl sites for hydroxylation is 1. The summed E-state index contributed by atoms with van der Waals surface area (Å²) >= 11 is 0. The molecular formula is C10H12N2O. The van der Waals surface area contributed by atoms with Crippen molar-refractivity contribution in [3.8, 4) is 0 Å². The summed E-state index contributed by atoms with van der Waals surface area (Å²) in [6.45, 7) is 4.39. The molecule has 1 N–H and O–H groups in total. The molecule has 2 rings (SSSR count). The molecule has 68 valence electrons. The van der Waals surface area contributed by atoms with Crippen molar-refractivity contribution in [1.82, 2.24) is 9.55 Å². The molecule has 0 saturated heterocycles. The van der Waals surface area contributed by atoms with Crippen molar-refractivity contribution in [1.29, 1.82) is 0 Å². The van der Waals surface area contributed by atoms with Gasteiger partial charge in [0.1, 0.15) is 16.6 Å². The van der Waals surface area contributed by atoms with Gasteiger partial charge in [0.05, 0.1) is 5.69 Å². The van der Waals surface area contributed by atoms with Gasteiger partial charge in [0.25, 0.3) is 0 Å². The number of fused-ring (bicyclic) bond motifs is 1. The molecule has 0 spiro atoms. The third kappa shape index (κ3) is 1.16. The van der Waals surface area contributed by atoms with Crippen LogP contribution in [0.2, 0.25) is 0 Å². The standard InChI is InChI=1S/C10H12N2O/c1-7-10(8(2)13)12-6-4-3-5-9(12)11-7/h3-5,13H,6H2,1-2H3/b10-8+. The van der Waals surface area contributed by atoms with Crippen LogP contribution in [0, 0.1) is 6.92 Å². The number of aliphatic hydroxyl groups is 1. The van der Waals surface area contributed by atoms with Crippen LogP contribution >= 0.6 is 0 Å². The van der Waals surface area contributed by atoms with Crippen LogP contribution in [0.25, 0.3) is 11.8 Å². The minimum atomic E-state index is 0.333. The van der Waals surface area contributed by atoms with Crippen molar-refractivity contribution in [3.05, 3.63) is 28.7 Å². The van der Waals surface area contributed by atoms with E-state index in [4.69, 9.17) is 0 Å². The van der Waals surface area contributed by atoms with Gasteiger partial charge >= 0.3 is 0 Å². The SMILES string of the molecule is C/C(O)=c1/c(C)nc2n1CC=CC=2.